The van der Waals surface area contributed by atoms with E-state index in [1.54, 1.807) is 0 Å². The molecule has 1 aromatic heterocycles. The van der Waals surface area contributed by atoms with E-state index >= 15 is 0 Å². The number of carbonyl (C=O) groups excluding carboxylic acids is 4. The highest BCUT2D eigenvalue weighted by molar-refractivity contribution is 5.99. The third kappa shape index (κ3) is 7.46. The van der Waals surface area contributed by atoms with Crippen molar-refractivity contribution in [3.05, 3.63) is 63.1 Å². The normalized spacial score (nSPS) is 17.4. The van der Waals surface area contributed by atoms with E-state index in [-0.39, 0.29) is 37.0 Å². The second-order valence-corrected chi connectivity index (χ2v) is 9.82. The molecule has 1 N–H and O–H groups in total. The van der Waals surface area contributed by atoms with Gasteiger partial charge in [-0.3, -0.25) is 14.4 Å². The summed E-state index contributed by atoms with van der Waals surface area (Å²) in [7, 11) is 0. The lowest BCUT2D eigenvalue weighted by Gasteiger charge is -2.44. The molecule has 1 fully saturated rings. The van der Waals surface area contributed by atoms with Crippen LogP contribution in [-0.2, 0) is 36.8 Å². The Hall–Kier alpha value is -4.53. The van der Waals surface area contributed by atoms with Crippen LogP contribution < -0.4 is 15.5 Å². The lowest BCUT2D eigenvalue weighted by molar-refractivity contribution is -0.148. The number of nitrogens with one attached hydrogen (secondary N) is 1. The van der Waals surface area contributed by atoms with Gasteiger partial charge < -0.3 is 38.5 Å². The molecule has 0 spiro atoms. The minimum atomic E-state index is -1.30. The molecule has 1 aromatic carbocycles. The Bertz CT molecular complexity index is 1450. The second kappa shape index (κ2) is 14.1. The predicted octanol–water partition coefficient (Wildman–Crippen LogP) is 2.48. The van der Waals surface area contributed by atoms with Crippen LogP contribution in [0.3, 0.4) is 0 Å². The van der Waals surface area contributed by atoms with E-state index in [0.29, 0.717) is 25.5 Å². The van der Waals surface area contributed by atoms with Crippen molar-refractivity contribution in [1.29, 1.82) is 0 Å². The molecule has 2 aliphatic rings. The monoisotopic (exact) mass is 607 g/mol. The Morgan fingerprint density at radius 3 is 2.67 bits per heavy atom. The van der Waals surface area contributed by atoms with Gasteiger partial charge >= 0.3 is 12.1 Å². The van der Waals surface area contributed by atoms with Crippen LogP contribution in [0.15, 0.2) is 29.2 Å². The van der Waals surface area contributed by atoms with Crippen molar-refractivity contribution in [3.63, 3.8) is 0 Å². The van der Waals surface area contributed by atoms with E-state index in [1.807, 2.05) is 13.8 Å². The smallest absolute Gasteiger partial charge is 0.463 e. The molecule has 2 aliphatic heterocycles. The summed E-state index contributed by atoms with van der Waals surface area (Å²) < 4.78 is 54.1. The molecule has 0 aliphatic carbocycles. The molecule has 0 unspecified atom stereocenters. The van der Waals surface area contributed by atoms with Crippen molar-refractivity contribution < 1.29 is 51.6 Å². The maximum atomic E-state index is 14.1. The zero-order valence-electron chi connectivity index (χ0n) is 23.6. The van der Waals surface area contributed by atoms with Crippen LogP contribution in [0.4, 0.5) is 13.6 Å². The van der Waals surface area contributed by atoms with Gasteiger partial charge in [0.15, 0.2) is 18.5 Å². The van der Waals surface area contributed by atoms with Crippen LogP contribution in [0, 0.1) is 11.6 Å². The Morgan fingerprint density at radius 1 is 1.14 bits per heavy atom. The third-order valence-electron chi connectivity index (χ3n) is 6.81. The number of carbonyl (C=O) groups is 4. The highest BCUT2D eigenvalue weighted by Gasteiger charge is 2.41. The number of hydrogen-bond donors (Lipinski definition) is 1. The standard InChI is InChI=1S/C28H31F2N3O10/c1-3-4-8-40-22(34)14-41-28(38)43-15-42-25-23-27(37)33-16(2)7-9-39-21(33)13-32(23)12-19(24(25)35)26(36)31-11-17-5-6-18(29)10-20(17)30/h5-6,10,12,16,21H,3-4,7-9,11,13-15H2,1-2H3,(H,31,36)/t16-,21+/m1/s1. The van der Waals surface area contributed by atoms with Crippen LogP contribution in [-0.4, -0.2) is 72.3 Å². The number of pyridine rings is 1. The number of benzene rings is 1. The molecule has 1 saturated heterocycles. The summed E-state index contributed by atoms with van der Waals surface area (Å²) in [5.41, 5.74) is -1.68. The molecule has 3 heterocycles. The number of hydrogen-bond acceptors (Lipinski definition) is 10. The zero-order chi connectivity index (χ0) is 31.1. The molecule has 2 amide bonds. The van der Waals surface area contributed by atoms with Gasteiger partial charge in [0.05, 0.1) is 19.8 Å². The van der Waals surface area contributed by atoms with E-state index in [1.165, 1.54) is 9.47 Å². The number of ether oxygens (including phenoxy) is 5. The summed E-state index contributed by atoms with van der Waals surface area (Å²) >= 11 is 0. The fourth-order valence-electron chi connectivity index (χ4n) is 4.54. The van der Waals surface area contributed by atoms with Gasteiger partial charge in [0.1, 0.15) is 17.2 Å². The number of esters is 1. The summed E-state index contributed by atoms with van der Waals surface area (Å²) in [4.78, 5) is 65.1. The molecule has 13 nitrogen and oxygen atoms in total. The van der Waals surface area contributed by atoms with Crippen molar-refractivity contribution in [3.8, 4) is 5.75 Å². The van der Waals surface area contributed by atoms with Gasteiger partial charge in [0, 0.05) is 30.4 Å². The molecule has 0 bridgehead atoms. The summed E-state index contributed by atoms with van der Waals surface area (Å²) in [5, 5.41) is 2.40. The molecule has 232 valence electrons. The van der Waals surface area contributed by atoms with Crippen LogP contribution in [0.1, 0.15) is 59.5 Å². The predicted molar refractivity (Wildman–Crippen MR) is 142 cm³/mol. The van der Waals surface area contributed by atoms with Crippen LogP contribution in [0.25, 0.3) is 0 Å². The Morgan fingerprint density at radius 2 is 1.93 bits per heavy atom. The molecular weight excluding hydrogens is 576 g/mol. The first-order valence-corrected chi connectivity index (χ1v) is 13.6. The van der Waals surface area contributed by atoms with E-state index in [4.69, 9.17) is 18.9 Å². The summed E-state index contributed by atoms with van der Waals surface area (Å²) in [5.74, 6) is -4.57. The number of fused-ring (bicyclic) bond motifs is 2. The van der Waals surface area contributed by atoms with Crippen molar-refractivity contribution in [1.82, 2.24) is 14.8 Å². The van der Waals surface area contributed by atoms with Crippen LogP contribution in [0.5, 0.6) is 5.75 Å². The molecule has 2 aromatic rings. The highest BCUT2D eigenvalue weighted by Crippen LogP contribution is 2.30. The molecule has 43 heavy (non-hydrogen) atoms. The van der Waals surface area contributed by atoms with Crippen molar-refractivity contribution in [2.24, 2.45) is 0 Å². The Kier molecular flexibility index (Phi) is 10.3. The fourth-order valence-corrected chi connectivity index (χ4v) is 4.54. The lowest BCUT2D eigenvalue weighted by Crippen LogP contribution is -2.57. The van der Waals surface area contributed by atoms with Gasteiger partial charge in [-0.2, -0.15) is 0 Å². The quantitative estimate of drug-likeness (QED) is 0.229. The summed E-state index contributed by atoms with van der Waals surface area (Å²) in [6.07, 6.45) is 1.19. The minimum Gasteiger partial charge on any atom is -0.463 e. The molecule has 2 atom stereocenters. The average Bonchev–Trinajstić information content (AvgIpc) is 2.96. The molecule has 0 saturated carbocycles. The number of halogens is 2. The van der Waals surface area contributed by atoms with Gasteiger partial charge in [0.25, 0.3) is 11.8 Å². The SMILES string of the molecule is CCCCOC(=O)COC(=O)OCOc1c2n(cc(C(=O)NCc3ccc(F)cc3F)c1=O)C[C@@H]1OCC[C@@H](C)N1C2=O. The first kappa shape index (κ1) is 31.4. The molecule has 4 rings (SSSR count). The van der Waals surface area contributed by atoms with Gasteiger partial charge in [-0.25, -0.2) is 18.4 Å². The number of nitrogens with zero attached hydrogens (tertiary/aromatic N) is 2. The van der Waals surface area contributed by atoms with Crippen LogP contribution in [0.2, 0.25) is 0 Å². The maximum Gasteiger partial charge on any atom is 0.511 e. The number of amides is 2. The highest BCUT2D eigenvalue weighted by atomic mass is 19.1. The van der Waals surface area contributed by atoms with Gasteiger partial charge in [-0.1, -0.05) is 19.4 Å². The fraction of sp³-hybridized carbons (Fsp3) is 0.464. The maximum absolute atomic E-state index is 14.1. The Balaban J connectivity index is 1.53. The van der Waals surface area contributed by atoms with E-state index in [2.05, 4.69) is 10.1 Å². The van der Waals surface area contributed by atoms with E-state index in [0.717, 1.165) is 24.8 Å². The van der Waals surface area contributed by atoms with Crippen LogP contribution >= 0.6 is 0 Å². The third-order valence-corrected chi connectivity index (χ3v) is 6.81. The molecular formula is C28H31F2N3O10. The minimum absolute atomic E-state index is 0.0270. The van der Waals surface area contributed by atoms with Crippen molar-refractivity contribution in [2.75, 3.05) is 26.6 Å². The molecule has 15 heteroatoms. The van der Waals surface area contributed by atoms with Gasteiger partial charge in [-0.15, -0.1) is 0 Å². The number of rotatable bonds is 11. The largest absolute Gasteiger partial charge is 0.511 e. The summed E-state index contributed by atoms with van der Waals surface area (Å²) in [6.45, 7) is 2.38. The molecule has 0 radical (unpaired) electrons. The van der Waals surface area contributed by atoms with E-state index in [9.17, 15) is 32.8 Å². The second-order valence-electron chi connectivity index (χ2n) is 9.82. The van der Waals surface area contributed by atoms with Gasteiger partial charge in [0.2, 0.25) is 18.0 Å². The number of unbranched alkanes of at least 4 members (excludes halogenated alkanes) is 1. The lowest BCUT2D eigenvalue weighted by atomic mass is 10.1. The topological polar surface area (TPSA) is 152 Å². The van der Waals surface area contributed by atoms with Gasteiger partial charge in [-0.05, 0) is 25.8 Å². The number of aromatic nitrogens is 1. The summed E-state index contributed by atoms with van der Waals surface area (Å²) in [6, 6.07) is 2.60. The Labute approximate surface area is 244 Å². The van der Waals surface area contributed by atoms with Crippen molar-refractivity contribution >= 4 is 23.9 Å². The van der Waals surface area contributed by atoms with Crippen molar-refractivity contribution in [2.45, 2.75) is 58.5 Å². The zero-order valence-corrected chi connectivity index (χ0v) is 23.6. The first-order valence-electron chi connectivity index (χ1n) is 13.6. The van der Waals surface area contributed by atoms with E-state index < -0.39 is 71.9 Å². The first-order chi connectivity index (χ1) is 20.6. The average molecular weight is 608 g/mol.